The average molecular weight is 695 g/mol. The first-order chi connectivity index (χ1) is 22.7. The lowest BCUT2D eigenvalue weighted by atomic mass is 9.98. The number of carbonyl (C=O) groups excluding carboxylic acids is 2. The van der Waals surface area contributed by atoms with Gasteiger partial charge in [0.2, 0.25) is 0 Å². The van der Waals surface area contributed by atoms with Crippen LogP contribution in [-0.4, -0.2) is 74.4 Å². The number of rotatable bonds is 30. The summed E-state index contributed by atoms with van der Waals surface area (Å²) in [4.78, 5) is 25.8. The third-order valence-electron chi connectivity index (χ3n) is 8.74. The minimum atomic E-state index is -5.04. The Kier molecular flexibility index (Phi) is 25.6. The third kappa shape index (κ3) is 21.4. The van der Waals surface area contributed by atoms with Crippen LogP contribution in [0, 0.1) is 0 Å². The molecule has 0 aromatic heterocycles. The van der Waals surface area contributed by atoms with Gasteiger partial charge in [-0.25, -0.2) is 4.18 Å². The molecule has 0 bridgehead atoms. The van der Waals surface area contributed by atoms with Crippen LogP contribution in [0.5, 0.6) is 0 Å². The molecule has 2 N–H and O–H groups in total. The predicted octanol–water partition coefficient (Wildman–Crippen LogP) is 7.76. The summed E-state index contributed by atoms with van der Waals surface area (Å²) >= 11 is 0. The van der Waals surface area contributed by atoms with E-state index in [0.717, 1.165) is 38.5 Å². The second-order valence-corrected chi connectivity index (χ2v) is 14.0. The fourth-order valence-electron chi connectivity index (χ4n) is 6.02. The van der Waals surface area contributed by atoms with Crippen LogP contribution in [0.15, 0.2) is 0 Å². The summed E-state index contributed by atoms with van der Waals surface area (Å²) in [7, 11) is -3.83. The molecule has 0 spiro atoms. The van der Waals surface area contributed by atoms with Crippen LogP contribution in [0.25, 0.3) is 0 Å². The Hall–Kier alpha value is -1.31. The molecule has 1 saturated heterocycles. The topological polar surface area (TPSA) is 155 Å². The molecular weight excluding hydrogens is 628 g/mol. The molecule has 5 atom stereocenters. The maximum Gasteiger partial charge on any atom is 0.397 e. The lowest BCUT2D eigenvalue weighted by Gasteiger charge is -2.43. The standard InChI is InChI=1S/C35H66O11S/c1-4-6-8-10-12-14-16-18-20-22-24-26-30(37)44-32-29(28-36)43-35(42-3)34(46-47(39,40)41)33(32)45-31(38)27-25-23-21-19-17-15-13-11-9-7-5-2/h29,32-36H,4-28H2,1-3H3,(H,39,40,41)/t29-,32-,33+,34-,35+/m1/s1. The number of ether oxygens (including phenoxy) is 4. The third-order valence-corrected chi connectivity index (χ3v) is 9.21. The zero-order valence-electron chi connectivity index (χ0n) is 29.5. The molecule has 0 aromatic carbocycles. The molecule has 1 fully saturated rings. The highest BCUT2D eigenvalue weighted by molar-refractivity contribution is 7.80. The fraction of sp³-hybridized carbons (Fsp3) is 0.943. The van der Waals surface area contributed by atoms with E-state index in [2.05, 4.69) is 13.8 Å². The Labute approximate surface area is 285 Å². The van der Waals surface area contributed by atoms with E-state index in [-0.39, 0.29) is 12.8 Å². The molecule has 1 aliphatic rings. The molecule has 47 heavy (non-hydrogen) atoms. The zero-order chi connectivity index (χ0) is 34.8. The number of esters is 2. The molecule has 1 aliphatic heterocycles. The van der Waals surface area contributed by atoms with E-state index >= 15 is 0 Å². The monoisotopic (exact) mass is 694 g/mol. The van der Waals surface area contributed by atoms with E-state index in [1.807, 2.05) is 0 Å². The van der Waals surface area contributed by atoms with Crippen molar-refractivity contribution in [3.8, 4) is 0 Å². The van der Waals surface area contributed by atoms with Crippen LogP contribution < -0.4 is 0 Å². The Bertz CT molecular complexity index is 898. The summed E-state index contributed by atoms with van der Waals surface area (Å²) in [5.74, 6) is -1.24. The summed E-state index contributed by atoms with van der Waals surface area (Å²) < 4.78 is 59.8. The van der Waals surface area contributed by atoms with Crippen molar-refractivity contribution < 1.29 is 50.8 Å². The normalized spacial score (nSPS) is 21.5. The molecule has 12 heteroatoms. The summed E-state index contributed by atoms with van der Waals surface area (Å²) in [5, 5.41) is 10.0. The van der Waals surface area contributed by atoms with E-state index in [4.69, 9.17) is 23.1 Å². The van der Waals surface area contributed by atoms with Gasteiger partial charge in [-0.05, 0) is 12.8 Å². The van der Waals surface area contributed by atoms with Crippen molar-refractivity contribution in [2.75, 3.05) is 13.7 Å². The smallest absolute Gasteiger partial charge is 0.397 e. The van der Waals surface area contributed by atoms with Crippen LogP contribution in [0.4, 0.5) is 0 Å². The van der Waals surface area contributed by atoms with Crippen molar-refractivity contribution in [2.45, 2.75) is 199 Å². The first-order valence-electron chi connectivity index (χ1n) is 18.5. The van der Waals surface area contributed by atoms with Gasteiger partial charge in [0.25, 0.3) is 0 Å². The van der Waals surface area contributed by atoms with Crippen LogP contribution in [0.3, 0.4) is 0 Å². The van der Waals surface area contributed by atoms with E-state index in [0.29, 0.717) is 12.8 Å². The molecule has 1 rings (SSSR count). The molecule has 0 aliphatic carbocycles. The van der Waals surface area contributed by atoms with Gasteiger partial charge in [-0.1, -0.05) is 142 Å². The molecule has 0 unspecified atom stereocenters. The first-order valence-corrected chi connectivity index (χ1v) is 19.9. The highest BCUT2D eigenvalue weighted by Gasteiger charge is 2.52. The number of hydrogen-bond acceptors (Lipinski definition) is 10. The number of aliphatic hydroxyl groups is 1. The van der Waals surface area contributed by atoms with Crippen molar-refractivity contribution in [1.82, 2.24) is 0 Å². The SMILES string of the molecule is CCCCCCCCCCCCCC(=O)O[C@@H]1[C@@H](OS(=O)(=O)O)[C@@H](OC)O[C@H](CO)[C@H]1OC(=O)CCCCCCCCCCCCC. The Balaban J connectivity index is 2.64. The van der Waals surface area contributed by atoms with Crippen molar-refractivity contribution >= 4 is 22.3 Å². The summed E-state index contributed by atoms with van der Waals surface area (Å²) in [6.45, 7) is 3.80. The number of hydrogen-bond donors (Lipinski definition) is 2. The Morgan fingerprint density at radius 2 is 0.957 bits per heavy atom. The van der Waals surface area contributed by atoms with Gasteiger partial charge in [-0.2, -0.15) is 8.42 Å². The van der Waals surface area contributed by atoms with Gasteiger partial charge in [0, 0.05) is 20.0 Å². The van der Waals surface area contributed by atoms with Gasteiger partial charge in [-0.15, -0.1) is 0 Å². The van der Waals surface area contributed by atoms with Crippen molar-refractivity contribution in [3.63, 3.8) is 0 Å². The maximum atomic E-state index is 12.9. The quantitative estimate of drug-likeness (QED) is 0.0430. The second kappa shape index (κ2) is 27.5. The van der Waals surface area contributed by atoms with Crippen LogP contribution in [0.2, 0.25) is 0 Å². The molecule has 1 heterocycles. The van der Waals surface area contributed by atoms with Crippen LogP contribution in [-0.2, 0) is 43.1 Å². The van der Waals surface area contributed by atoms with Crippen molar-refractivity contribution in [1.29, 1.82) is 0 Å². The van der Waals surface area contributed by atoms with E-state index in [1.54, 1.807) is 0 Å². The molecule has 0 saturated carbocycles. The van der Waals surface area contributed by atoms with E-state index < -0.39 is 59.7 Å². The van der Waals surface area contributed by atoms with Gasteiger partial charge >= 0.3 is 22.3 Å². The lowest BCUT2D eigenvalue weighted by molar-refractivity contribution is -0.294. The summed E-state index contributed by atoms with van der Waals surface area (Å²) in [6.07, 6.45) is 17.6. The van der Waals surface area contributed by atoms with Gasteiger partial charge in [0.15, 0.2) is 24.6 Å². The van der Waals surface area contributed by atoms with E-state index in [1.165, 1.54) is 97.0 Å². The predicted molar refractivity (Wildman–Crippen MR) is 181 cm³/mol. The molecule has 278 valence electrons. The fourth-order valence-corrected chi connectivity index (χ4v) is 6.50. The largest absolute Gasteiger partial charge is 0.455 e. The highest BCUT2D eigenvalue weighted by atomic mass is 32.3. The Morgan fingerprint density at radius 1 is 0.596 bits per heavy atom. The molecular formula is C35H66O11S. The second-order valence-electron chi connectivity index (χ2n) is 12.9. The first kappa shape index (κ1) is 43.7. The number of carbonyl (C=O) groups is 2. The Morgan fingerprint density at radius 3 is 1.30 bits per heavy atom. The van der Waals surface area contributed by atoms with Crippen molar-refractivity contribution in [3.05, 3.63) is 0 Å². The minimum Gasteiger partial charge on any atom is -0.455 e. The average Bonchev–Trinajstić information content (AvgIpc) is 3.03. The lowest BCUT2D eigenvalue weighted by Crippen LogP contribution is -2.62. The van der Waals surface area contributed by atoms with E-state index in [9.17, 15) is 27.7 Å². The van der Waals surface area contributed by atoms with Crippen LogP contribution in [0.1, 0.15) is 168 Å². The highest BCUT2D eigenvalue weighted by Crippen LogP contribution is 2.30. The van der Waals surface area contributed by atoms with Gasteiger partial charge in [-0.3, -0.25) is 14.1 Å². The zero-order valence-corrected chi connectivity index (χ0v) is 30.4. The number of aliphatic hydroxyl groups excluding tert-OH is 1. The number of methoxy groups -OCH3 is 1. The summed E-state index contributed by atoms with van der Waals surface area (Å²) in [6, 6.07) is 0. The molecule has 11 nitrogen and oxygen atoms in total. The maximum absolute atomic E-state index is 12.9. The van der Waals surface area contributed by atoms with Gasteiger partial charge in [0.05, 0.1) is 6.61 Å². The van der Waals surface area contributed by atoms with Gasteiger partial charge in [0.1, 0.15) is 6.10 Å². The minimum absolute atomic E-state index is 0.0633. The number of unbranched alkanes of at least 4 members (excludes halogenated alkanes) is 20. The molecule has 0 amide bonds. The van der Waals surface area contributed by atoms with Crippen molar-refractivity contribution in [2.24, 2.45) is 0 Å². The van der Waals surface area contributed by atoms with Crippen LogP contribution >= 0.6 is 0 Å². The molecule has 0 radical (unpaired) electrons. The van der Waals surface area contributed by atoms with Gasteiger partial charge < -0.3 is 24.1 Å². The molecule has 0 aromatic rings. The summed E-state index contributed by atoms with van der Waals surface area (Å²) in [5.41, 5.74) is 0.